The largest absolute Gasteiger partial charge is 0.508 e. The summed E-state index contributed by atoms with van der Waals surface area (Å²) >= 11 is 0. The van der Waals surface area contributed by atoms with Gasteiger partial charge in [-0.3, -0.25) is 4.79 Å². The zero-order chi connectivity index (χ0) is 19.6. The molecule has 3 rings (SSSR count). The molecule has 0 spiro atoms. The van der Waals surface area contributed by atoms with Crippen molar-refractivity contribution in [2.75, 3.05) is 7.11 Å². The lowest BCUT2D eigenvalue weighted by molar-refractivity contribution is -0.114. The maximum absolute atomic E-state index is 12.5. The van der Waals surface area contributed by atoms with Crippen molar-refractivity contribution >= 4 is 11.4 Å². The Morgan fingerprint density at radius 3 is 2.33 bits per heavy atom. The fraction of sp³-hybridized carbons (Fsp3) is 0.375. The molecule has 0 saturated carbocycles. The molecule has 0 unspecified atom stereocenters. The zero-order valence-electron chi connectivity index (χ0n) is 16.7. The number of fused-ring (bicyclic) bond motifs is 1. The molecule has 27 heavy (non-hydrogen) atoms. The van der Waals surface area contributed by atoms with Gasteiger partial charge in [-0.25, -0.2) is 0 Å². The first-order valence-corrected chi connectivity index (χ1v) is 9.82. The summed E-state index contributed by atoms with van der Waals surface area (Å²) in [7, 11) is 1.72. The average Bonchev–Trinajstić information content (AvgIpc) is 2.85. The molecular weight excluding hydrogens is 336 g/mol. The summed E-state index contributed by atoms with van der Waals surface area (Å²) in [5, 5.41) is 10.4. The average molecular weight is 364 g/mol. The van der Waals surface area contributed by atoms with Crippen LogP contribution in [0.2, 0.25) is 0 Å². The molecule has 0 bridgehead atoms. The second-order valence-electron chi connectivity index (χ2n) is 7.00. The van der Waals surface area contributed by atoms with Crippen molar-refractivity contribution in [3.8, 4) is 11.5 Å². The number of ketones is 1. The minimum absolute atomic E-state index is 0.124. The molecule has 0 aliphatic heterocycles. The van der Waals surface area contributed by atoms with Gasteiger partial charge in [-0.2, -0.15) is 0 Å². The predicted molar refractivity (Wildman–Crippen MR) is 110 cm³/mol. The van der Waals surface area contributed by atoms with Crippen LogP contribution in [0, 0.1) is 0 Å². The third kappa shape index (κ3) is 3.51. The van der Waals surface area contributed by atoms with E-state index in [2.05, 4.69) is 19.9 Å². The third-order valence-electron chi connectivity index (χ3n) is 5.51. The number of allylic oxidation sites excluding steroid dienone is 1. The van der Waals surface area contributed by atoms with E-state index in [1.165, 1.54) is 11.1 Å². The van der Waals surface area contributed by atoms with Crippen molar-refractivity contribution in [1.82, 2.24) is 0 Å². The van der Waals surface area contributed by atoms with Crippen LogP contribution in [0.15, 0.2) is 30.3 Å². The topological polar surface area (TPSA) is 46.5 Å². The molecular formula is C24H28O3. The van der Waals surface area contributed by atoms with Crippen LogP contribution in [0.4, 0.5) is 0 Å². The number of carbonyl (C=O) groups excluding carboxylic acids is 1. The van der Waals surface area contributed by atoms with E-state index < -0.39 is 0 Å². The SMILES string of the molecule is CCc1ccc(C2=CC(=O)CCc3c2cc(CC)c(OC)c3CC)cc1O. The van der Waals surface area contributed by atoms with Crippen LogP contribution in [0.25, 0.3) is 5.57 Å². The lowest BCUT2D eigenvalue weighted by atomic mass is 9.86. The van der Waals surface area contributed by atoms with Crippen LogP contribution in [0.5, 0.6) is 11.5 Å². The number of methoxy groups -OCH3 is 1. The van der Waals surface area contributed by atoms with E-state index in [-0.39, 0.29) is 11.5 Å². The van der Waals surface area contributed by atoms with Crippen LogP contribution in [-0.4, -0.2) is 18.0 Å². The first-order chi connectivity index (χ1) is 13.0. The fourth-order valence-electron chi connectivity index (χ4n) is 4.07. The van der Waals surface area contributed by atoms with Crippen LogP contribution in [-0.2, 0) is 30.5 Å². The molecule has 0 atom stereocenters. The highest BCUT2D eigenvalue weighted by atomic mass is 16.5. The van der Waals surface area contributed by atoms with Crippen LogP contribution in [0.1, 0.15) is 60.6 Å². The number of phenolic OH excluding ortho intramolecular Hbond substituents is 1. The van der Waals surface area contributed by atoms with Crippen molar-refractivity contribution in [3.05, 3.63) is 63.7 Å². The van der Waals surface area contributed by atoms with E-state index >= 15 is 0 Å². The summed E-state index contributed by atoms with van der Waals surface area (Å²) in [6, 6.07) is 7.91. The second-order valence-corrected chi connectivity index (χ2v) is 7.00. The van der Waals surface area contributed by atoms with Gasteiger partial charge in [0.2, 0.25) is 0 Å². The summed E-state index contributed by atoms with van der Waals surface area (Å²) in [6.45, 7) is 6.28. The lowest BCUT2D eigenvalue weighted by Crippen LogP contribution is -2.05. The molecule has 3 heteroatoms. The van der Waals surface area contributed by atoms with E-state index in [9.17, 15) is 9.90 Å². The predicted octanol–water partition coefficient (Wildman–Crippen LogP) is 5.04. The summed E-state index contributed by atoms with van der Waals surface area (Å²) in [4.78, 5) is 12.5. The zero-order valence-corrected chi connectivity index (χ0v) is 16.7. The Hall–Kier alpha value is -2.55. The van der Waals surface area contributed by atoms with Gasteiger partial charge in [0.1, 0.15) is 11.5 Å². The first-order valence-electron chi connectivity index (χ1n) is 9.82. The molecule has 1 aliphatic carbocycles. The van der Waals surface area contributed by atoms with E-state index in [1.807, 2.05) is 19.1 Å². The highest BCUT2D eigenvalue weighted by molar-refractivity contribution is 6.02. The summed E-state index contributed by atoms with van der Waals surface area (Å²) in [5.41, 5.74) is 7.34. The van der Waals surface area contributed by atoms with Crippen molar-refractivity contribution < 1.29 is 14.6 Å². The monoisotopic (exact) mass is 364 g/mol. The number of aromatic hydroxyl groups is 1. The van der Waals surface area contributed by atoms with Crippen molar-refractivity contribution in [2.45, 2.75) is 52.9 Å². The standard InChI is InChI=1S/C24H28O3/c1-5-15-8-9-17(13-23(15)26)21-14-18(25)10-11-20-19(7-3)24(27-4)16(6-2)12-22(20)21/h8-9,12-14,26H,5-7,10-11H2,1-4H3. The van der Waals surface area contributed by atoms with Gasteiger partial charge < -0.3 is 9.84 Å². The van der Waals surface area contributed by atoms with Crippen molar-refractivity contribution in [2.24, 2.45) is 0 Å². The number of hydrogen-bond donors (Lipinski definition) is 1. The molecule has 142 valence electrons. The quantitative estimate of drug-likeness (QED) is 0.809. The minimum Gasteiger partial charge on any atom is -0.508 e. The number of hydrogen-bond acceptors (Lipinski definition) is 3. The molecule has 1 aliphatic rings. The lowest BCUT2D eigenvalue weighted by Gasteiger charge is -2.21. The van der Waals surface area contributed by atoms with Crippen LogP contribution >= 0.6 is 0 Å². The minimum atomic E-state index is 0.124. The molecule has 2 aromatic rings. The van der Waals surface area contributed by atoms with Gasteiger partial charge in [0.05, 0.1) is 7.11 Å². The number of phenols is 1. The highest BCUT2D eigenvalue weighted by Crippen LogP contribution is 2.39. The van der Waals surface area contributed by atoms with Gasteiger partial charge in [-0.15, -0.1) is 0 Å². The Morgan fingerprint density at radius 2 is 1.74 bits per heavy atom. The highest BCUT2D eigenvalue weighted by Gasteiger charge is 2.23. The molecule has 0 fully saturated rings. The molecule has 2 aromatic carbocycles. The van der Waals surface area contributed by atoms with Gasteiger partial charge in [0.15, 0.2) is 5.78 Å². The number of rotatable bonds is 5. The van der Waals surface area contributed by atoms with Crippen LogP contribution < -0.4 is 4.74 Å². The molecule has 0 heterocycles. The van der Waals surface area contributed by atoms with Gasteiger partial charge in [-0.05, 0) is 82.8 Å². The number of benzene rings is 2. The summed E-state index contributed by atoms with van der Waals surface area (Å²) in [6.07, 6.45) is 5.47. The molecule has 0 saturated heterocycles. The smallest absolute Gasteiger partial charge is 0.156 e. The van der Waals surface area contributed by atoms with E-state index in [0.717, 1.165) is 59.3 Å². The fourth-order valence-corrected chi connectivity index (χ4v) is 4.07. The van der Waals surface area contributed by atoms with Crippen LogP contribution in [0.3, 0.4) is 0 Å². The second kappa shape index (κ2) is 7.99. The van der Waals surface area contributed by atoms with E-state index in [1.54, 1.807) is 19.3 Å². The summed E-state index contributed by atoms with van der Waals surface area (Å²) < 4.78 is 5.74. The molecule has 3 nitrogen and oxygen atoms in total. The molecule has 1 N–H and O–H groups in total. The Bertz CT molecular complexity index is 906. The Kier molecular flexibility index (Phi) is 5.69. The maximum atomic E-state index is 12.5. The van der Waals surface area contributed by atoms with Crippen molar-refractivity contribution in [3.63, 3.8) is 0 Å². The third-order valence-corrected chi connectivity index (χ3v) is 5.51. The Balaban J connectivity index is 2.28. The van der Waals surface area contributed by atoms with Gasteiger partial charge in [-0.1, -0.05) is 32.9 Å². The molecule has 0 aromatic heterocycles. The number of ether oxygens (including phenoxy) is 1. The number of carbonyl (C=O) groups is 1. The molecule has 0 amide bonds. The maximum Gasteiger partial charge on any atom is 0.156 e. The normalized spacial score (nSPS) is 13.8. The van der Waals surface area contributed by atoms with E-state index in [0.29, 0.717) is 6.42 Å². The Labute approximate surface area is 161 Å². The van der Waals surface area contributed by atoms with E-state index in [4.69, 9.17) is 4.74 Å². The van der Waals surface area contributed by atoms with Gasteiger partial charge >= 0.3 is 0 Å². The van der Waals surface area contributed by atoms with Gasteiger partial charge in [0.25, 0.3) is 0 Å². The first kappa shape index (κ1) is 19.2. The molecule has 0 radical (unpaired) electrons. The van der Waals surface area contributed by atoms with Crippen molar-refractivity contribution in [1.29, 1.82) is 0 Å². The summed E-state index contributed by atoms with van der Waals surface area (Å²) in [5.74, 6) is 1.37. The Morgan fingerprint density at radius 1 is 1.00 bits per heavy atom. The number of aryl methyl sites for hydroxylation is 2. The van der Waals surface area contributed by atoms with Gasteiger partial charge in [0, 0.05) is 6.42 Å².